The minimum Gasteiger partial charge on any atom is -0.493 e. The summed E-state index contributed by atoms with van der Waals surface area (Å²) in [7, 11) is 1.67. The van der Waals surface area contributed by atoms with E-state index in [1.165, 1.54) is 5.56 Å². The molecule has 0 amide bonds. The topological polar surface area (TPSA) is 56.5 Å². The molecule has 0 saturated carbocycles. The molecule has 0 aliphatic carbocycles. The van der Waals surface area contributed by atoms with Crippen LogP contribution in [0.25, 0.3) is 0 Å². The van der Waals surface area contributed by atoms with Gasteiger partial charge in [0.05, 0.1) is 19.3 Å². The van der Waals surface area contributed by atoms with Gasteiger partial charge in [0.1, 0.15) is 5.75 Å². The highest BCUT2D eigenvalue weighted by atomic mass is 16.5. The van der Waals surface area contributed by atoms with Crippen molar-refractivity contribution in [1.29, 1.82) is 0 Å². The van der Waals surface area contributed by atoms with E-state index in [-0.39, 0.29) is 6.04 Å². The fraction of sp³-hybridized carbons (Fsp3) is 0.455. The first-order valence-electron chi connectivity index (χ1n) is 5.06. The SMILES string of the molecule is COCC(NN)c1ccc2c(c1)CCO2. The molecule has 1 aliphatic heterocycles. The van der Waals surface area contributed by atoms with Crippen molar-refractivity contribution in [2.75, 3.05) is 20.3 Å². The first kappa shape index (κ1) is 10.4. The smallest absolute Gasteiger partial charge is 0.122 e. The maximum atomic E-state index is 5.47. The van der Waals surface area contributed by atoms with E-state index in [0.717, 1.165) is 24.3 Å². The van der Waals surface area contributed by atoms with Gasteiger partial charge in [-0.15, -0.1) is 0 Å². The summed E-state index contributed by atoms with van der Waals surface area (Å²) >= 11 is 0. The molecule has 1 aromatic rings. The monoisotopic (exact) mass is 208 g/mol. The Balaban J connectivity index is 2.20. The van der Waals surface area contributed by atoms with Crippen LogP contribution in [-0.4, -0.2) is 20.3 Å². The number of ether oxygens (including phenoxy) is 2. The van der Waals surface area contributed by atoms with Gasteiger partial charge in [0.25, 0.3) is 0 Å². The molecule has 1 heterocycles. The Morgan fingerprint density at radius 2 is 2.47 bits per heavy atom. The maximum Gasteiger partial charge on any atom is 0.122 e. The van der Waals surface area contributed by atoms with Crippen molar-refractivity contribution >= 4 is 0 Å². The summed E-state index contributed by atoms with van der Waals surface area (Å²) in [5.41, 5.74) is 5.14. The molecule has 2 rings (SSSR count). The Bertz CT molecular complexity index is 341. The number of methoxy groups -OCH3 is 1. The summed E-state index contributed by atoms with van der Waals surface area (Å²) in [6, 6.07) is 6.19. The van der Waals surface area contributed by atoms with E-state index < -0.39 is 0 Å². The van der Waals surface area contributed by atoms with Crippen LogP contribution in [0.5, 0.6) is 5.75 Å². The van der Waals surface area contributed by atoms with E-state index in [9.17, 15) is 0 Å². The van der Waals surface area contributed by atoms with Crippen molar-refractivity contribution in [3.8, 4) is 5.75 Å². The lowest BCUT2D eigenvalue weighted by molar-refractivity contribution is 0.167. The fourth-order valence-corrected chi connectivity index (χ4v) is 1.83. The summed E-state index contributed by atoms with van der Waals surface area (Å²) in [4.78, 5) is 0. The van der Waals surface area contributed by atoms with Crippen LogP contribution >= 0.6 is 0 Å². The molecule has 4 heteroatoms. The Morgan fingerprint density at radius 1 is 1.60 bits per heavy atom. The molecule has 4 nitrogen and oxygen atoms in total. The number of rotatable bonds is 4. The molecular weight excluding hydrogens is 192 g/mol. The number of hydrogen-bond donors (Lipinski definition) is 2. The Kier molecular flexibility index (Phi) is 3.20. The van der Waals surface area contributed by atoms with Crippen LogP contribution in [0.4, 0.5) is 0 Å². The van der Waals surface area contributed by atoms with E-state index in [1.807, 2.05) is 12.1 Å². The van der Waals surface area contributed by atoms with Gasteiger partial charge >= 0.3 is 0 Å². The number of benzene rings is 1. The summed E-state index contributed by atoms with van der Waals surface area (Å²) in [6.45, 7) is 1.35. The fourth-order valence-electron chi connectivity index (χ4n) is 1.83. The van der Waals surface area contributed by atoms with Crippen molar-refractivity contribution in [1.82, 2.24) is 5.43 Å². The van der Waals surface area contributed by atoms with Crippen LogP contribution in [0.15, 0.2) is 18.2 Å². The molecule has 0 radical (unpaired) electrons. The van der Waals surface area contributed by atoms with Gasteiger partial charge in [0.15, 0.2) is 0 Å². The van der Waals surface area contributed by atoms with Crippen LogP contribution in [-0.2, 0) is 11.2 Å². The summed E-state index contributed by atoms with van der Waals surface area (Å²) in [5.74, 6) is 6.47. The third-order valence-electron chi connectivity index (χ3n) is 2.65. The lowest BCUT2D eigenvalue weighted by Crippen LogP contribution is -2.31. The second-order valence-electron chi connectivity index (χ2n) is 3.64. The highest BCUT2D eigenvalue weighted by Crippen LogP contribution is 2.27. The number of fused-ring (bicyclic) bond motifs is 1. The van der Waals surface area contributed by atoms with Gasteiger partial charge in [-0.05, 0) is 17.2 Å². The van der Waals surface area contributed by atoms with Gasteiger partial charge in [-0.2, -0.15) is 0 Å². The molecule has 1 aromatic carbocycles. The minimum absolute atomic E-state index is 0.0425. The second-order valence-corrected chi connectivity index (χ2v) is 3.64. The summed E-state index contributed by atoms with van der Waals surface area (Å²) < 4.78 is 10.5. The largest absolute Gasteiger partial charge is 0.493 e. The molecule has 1 atom stereocenters. The predicted molar refractivity (Wildman–Crippen MR) is 57.6 cm³/mol. The quantitative estimate of drug-likeness (QED) is 0.567. The standard InChI is InChI=1S/C11H16N2O2/c1-14-7-10(13-12)8-2-3-11-9(6-8)4-5-15-11/h2-3,6,10,13H,4-5,7,12H2,1H3. The van der Waals surface area contributed by atoms with Gasteiger partial charge in [0, 0.05) is 13.5 Å². The first-order valence-corrected chi connectivity index (χ1v) is 5.06. The van der Waals surface area contributed by atoms with Crippen molar-refractivity contribution in [2.45, 2.75) is 12.5 Å². The minimum atomic E-state index is 0.0425. The zero-order valence-corrected chi connectivity index (χ0v) is 8.82. The predicted octanol–water partition coefficient (Wildman–Crippen LogP) is 0.772. The lowest BCUT2D eigenvalue weighted by Gasteiger charge is -2.15. The molecule has 0 bridgehead atoms. The van der Waals surface area contributed by atoms with Crippen LogP contribution in [0, 0.1) is 0 Å². The molecule has 0 aromatic heterocycles. The Morgan fingerprint density at radius 3 is 3.20 bits per heavy atom. The molecule has 0 fully saturated rings. The van der Waals surface area contributed by atoms with Gasteiger partial charge in [-0.3, -0.25) is 11.3 Å². The molecule has 82 valence electrons. The van der Waals surface area contributed by atoms with Crippen molar-refractivity contribution in [2.24, 2.45) is 5.84 Å². The van der Waals surface area contributed by atoms with Crippen molar-refractivity contribution in [3.63, 3.8) is 0 Å². The van der Waals surface area contributed by atoms with Gasteiger partial charge in [-0.25, -0.2) is 0 Å². The zero-order chi connectivity index (χ0) is 10.7. The number of hydrogen-bond acceptors (Lipinski definition) is 4. The lowest BCUT2D eigenvalue weighted by atomic mass is 10.0. The van der Waals surface area contributed by atoms with Crippen LogP contribution in [0.3, 0.4) is 0 Å². The van der Waals surface area contributed by atoms with E-state index in [0.29, 0.717) is 6.61 Å². The maximum absolute atomic E-state index is 5.47. The molecule has 1 aliphatic rings. The molecule has 15 heavy (non-hydrogen) atoms. The number of hydrazine groups is 1. The van der Waals surface area contributed by atoms with E-state index in [2.05, 4.69) is 11.5 Å². The molecule has 1 unspecified atom stereocenters. The highest BCUT2D eigenvalue weighted by molar-refractivity contribution is 5.40. The van der Waals surface area contributed by atoms with Crippen molar-refractivity contribution in [3.05, 3.63) is 29.3 Å². The van der Waals surface area contributed by atoms with Crippen LogP contribution in [0.2, 0.25) is 0 Å². The van der Waals surface area contributed by atoms with Gasteiger partial charge < -0.3 is 9.47 Å². The third kappa shape index (κ3) is 2.12. The third-order valence-corrected chi connectivity index (χ3v) is 2.65. The van der Waals surface area contributed by atoms with Gasteiger partial charge in [-0.1, -0.05) is 12.1 Å². The Hall–Kier alpha value is -1.10. The molecule has 3 N–H and O–H groups in total. The van der Waals surface area contributed by atoms with E-state index in [4.69, 9.17) is 15.3 Å². The van der Waals surface area contributed by atoms with Crippen LogP contribution < -0.4 is 16.0 Å². The Labute approximate surface area is 89.3 Å². The molecule has 0 saturated heterocycles. The van der Waals surface area contributed by atoms with E-state index in [1.54, 1.807) is 7.11 Å². The summed E-state index contributed by atoms with van der Waals surface area (Å²) in [5, 5.41) is 0. The van der Waals surface area contributed by atoms with Crippen molar-refractivity contribution < 1.29 is 9.47 Å². The van der Waals surface area contributed by atoms with Crippen LogP contribution in [0.1, 0.15) is 17.2 Å². The number of nitrogens with one attached hydrogen (secondary N) is 1. The highest BCUT2D eigenvalue weighted by Gasteiger charge is 2.15. The zero-order valence-electron chi connectivity index (χ0n) is 8.82. The second kappa shape index (κ2) is 4.61. The van der Waals surface area contributed by atoms with E-state index >= 15 is 0 Å². The molecule has 0 spiro atoms. The summed E-state index contributed by atoms with van der Waals surface area (Å²) in [6.07, 6.45) is 0.980. The van der Waals surface area contributed by atoms with Gasteiger partial charge in [0.2, 0.25) is 0 Å². The normalized spacial score (nSPS) is 15.9. The number of nitrogens with two attached hydrogens (primary N) is 1. The average molecular weight is 208 g/mol. The first-order chi connectivity index (χ1) is 7.35. The molecular formula is C11H16N2O2. The average Bonchev–Trinajstić information content (AvgIpc) is 2.72.